The summed E-state index contributed by atoms with van der Waals surface area (Å²) in [5.74, 6) is 0. The lowest BCUT2D eigenvalue weighted by atomic mass is 10.1. The van der Waals surface area contributed by atoms with E-state index < -0.39 is 5.60 Å². The molecule has 5 nitrogen and oxygen atoms in total. The molecule has 1 unspecified atom stereocenters. The van der Waals surface area contributed by atoms with Gasteiger partial charge in [0.15, 0.2) is 0 Å². The number of nitrogens with one attached hydrogen (secondary N) is 2. The van der Waals surface area contributed by atoms with Gasteiger partial charge in [-0.15, -0.1) is 0 Å². The van der Waals surface area contributed by atoms with Gasteiger partial charge < -0.3 is 19.9 Å². The SMILES string of the molecule is CCCCC(CNC(=O)OC(C)(C)C)NCc1ccn(C)c1. The highest BCUT2D eigenvalue weighted by Crippen LogP contribution is 2.07. The normalized spacial score (nSPS) is 13.0. The fourth-order valence-corrected chi connectivity index (χ4v) is 2.18. The lowest BCUT2D eigenvalue weighted by Gasteiger charge is -2.22. The highest BCUT2D eigenvalue weighted by atomic mass is 16.6. The minimum absolute atomic E-state index is 0.257. The van der Waals surface area contributed by atoms with Crippen molar-refractivity contribution in [1.82, 2.24) is 15.2 Å². The Labute approximate surface area is 134 Å². The maximum Gasteiger partial charge on any atom is 0.407 e. The van der Waals surface area contributed by atoms with E-state index in [1.165, 1.54) is 5.56 Å². The van der Waals surface area contributed by atoms with E-state index in [1.54, 1.807) is 0 Å². The van der Waals surface area contributed by atoms with Crippen molar-refractivity contribution in [3.05, 3.63) is 24.0 Å². The van der Waals surface area contributed by atoms with Crippen LogP contribution in [0.4, 0.5) is 4.79 Å². The molecule has 0 saturated carbocycles. The van der Waals surface area contributed by atoms with Gasteiger partial charge in [0.25, 0.3) is 0 Å². The van der Waals surface area contributed by atoms with E-state index in [-0.39, 0.29) is 12.1 Å². The Morgan fingerprint density at radius 1 is 1.41 bits per heavy atom. The molecule has 0 fully saturated rings. The van der Waals surface area contributed by atoms with E-state index in [0.717, 1.165) is 25.8 Å². The lowest BCUT2D eigenvalue weighted by Crippen LogP contribution is -2.42. The van der Waals surface area contributed by atoms with Gasteiger partial charge in [0, 0.05) is 38.6 Å². The Kier molecular flexibility index (Phi) is 7.45. The average molecular weight is 309 g/mol. The van der Waals surface area contributed by atoms with E-state index in [2.05, 4.69) is 29.8 Å². The van der Waals surface area contributed by atoms with Crippen molar-refractivity contribution < 1.29 is 9.53 Å². The van der Waals surface area contributed by atoms with Crippen LogP contribution >= 0.6 is 0 Å². The number of hydrogen-bond acceptors (Lipinski definition) is 3. The molecule has 0 bridgehead atoms. The summed E-state index contributed by atoms with van der Waals surface area (Å²) < 4.78 is 7.32. The first kappa shape index (κ1) is 18.6. The van der Waals surface area contributed by atoms with E-state index in [9.17, 15) is 4.79 Å². The number of ether oxygens (including phenoxy) is 1. The van der Waals surface area contributed by atoms with E-state index in [1.807, 2.05) is 38.6 Å². The molecule has 1 amide bonds. The number of aryl methyl sites for hydroxylation is 1. The monoisotopic (exact) mass is 309 g/mol. The van der Waals surface area contributed by atoms with Gasteiger partial charge in [-0.3, -0.25) is 0 Å². The molecule has 0 radical (unpaired) electrons. The van der Waals surface area contributed by atoms with Crippen LogP contribution in [0.25, 0.3) is 0 Å². The third-order valence-corrected chi connectivity index (χ3v) is 3.29. The molecule has 1 rings (SSSR count). The smallest absolute Gasteiger partial charge is 0.407 e. The molecule has 1 heterocycles. The quantitative estimate of drug-likeness (QED) is 0.775. The fourth-order valence-electron chi connectivity index (χ4n) is 2.18. The van der Waals surface area contributed by atoms with Crippen LogP contribution in [0.15, 0.2) is 18.5 Å². The first-order chi connectivity index (χ1) is 10.3. The number of alkyl carbamates (subject to hydrolysis) is 1. The maximum atomic E-state index is 11.8. The second-order valence-corrected chi connectivity index (χ2v) is 6.79. The fraction of sp³-hybridized carbons (Fsp3) is 0.706. The predicted molar refractivity (Wildman–Crippen MR) is 89.8 cm³/mol. The van der Waals surface area contributed by atoms with Crippen molar-refractivity contribution in [3.63, 3.8) is 0 Å². The first-order valence-corrected chi connectivity index (χ1v) is 8.11. The highest BCUT2D eigenvalue weighted by Gasteiger charge is 2.17. The summed E-state index contributed by atoms with van der Waals surface area (Å²) in [4.78, 5) is 11.8. The molecule has 1 aromatic rings. The van der Waals surface area contributed by atoms with Gasteiger partial charge in [-0.25, -0.2) is 4.79 Å². The van der Waals surface area contributed by atoms with Crippen LogP contribution in [0, 0.1) is 0 Å². The Balaban J connectivity index is 2.41. The van der Waals surface area contributed by atoms with Crippen LogP contribution in [0.1, 0.15) is 52.5 Å². The second-order valence-electron chi connectivity index (χ2n) is 6.79. The van der Waals surface area contributed by atoms with Gasteiger partial charge in [0.05, 0.1) is 0 Å². The lowest BCUT2D eigenvalue weighted by molar-refractivity contribution is 0.0521. The zero-order valence-corrected chi connectivity index (χ0v) is 14.6. The number of unbranched alkanes of at least 4 members (excludes halogenated alkanes) is 1. The average Bonchev–Trinajstić information content (AvgIpc) is 2.81. The Morgan fingerprint density at radius 3 is 2.68 bits per heavy atom. The molecular weight excluding hydrogens is 278 g/mol. The minimum Gasteiger partial charge on any atom is -0.444 e. The van der Waals surface area contributed by atoms with Crippen molar-refractivity contribution in [1.29, 1.82) is 0 Å². The van der Waals surface area contributed by atoms with Gasteiger partial charge in [-0.05, 0) is 38.8 Å². The van der Waals surface area contributed by atoms with E-state index in [0.29, 0.717) is 6.54 Å². The number of rotatable bonds is 8. The van der Waals surface area contributed by atoms with Crippen LogP contribution in [0.2, 0.25) is 0 Å². The van der Waals surface area contributed by atoms with Crippen molar-refractivity contribution in [2.24, 2.45) is 7.05 Å². The van der Waals surface area contributed by atoms with Gasteiger partial charge in [-0.1, -0.05) is 19.8 Å². The Morgan fingerprint density at radius 2 is 2.14 bits per heavy atom. The zero-order valence-electron chi connectivity index (χ0n) is 14.6. The molecule has 1 atom stereocenters. The summed E-state index contributed by atoms with van der Waals surface area (Å²) in [5.41, 5.74) is 0.793. The molecule has 0 aliphatic heterocycles. The number of hydrogen-bond donors (Lipinski definition) is 2. The van der Waals surface area contributed by atoms with Crippen molar-refractivity contribution in [2.75, 3.05) is 6.54 Å². The van der Waals surface area contributed by atoms with Crippen LogP contribution in [0.5, 0.6) is 0 Å². The number of carbonyl (C=O) groups excluding carboxylic acids is 1. The topological polar surface area (TPSA) is 55.3 Å². The highest BCUT2D eigenvalue weighted by molar-refractivity contribution is 5.67. The van der Waals surface area contributed by atoms with Gasteiger partial charge >= 0.3 is 6.09 Å². The third-order valence-electron chi connectivity index (χ3n) is 3.29. The number of amides is 1. The summed E-state index contributed by atoms with van der Waals surface area (Å²) in [5, 5.41) is 6.38. The zero-order chi connectivity index (χ0) is 16.6. The first-order valence-electron chi connectivity index (χ1n) is 8.11. The molecule has 126 valence electrons. The third kappa shape index (κ3) is 8.08. The largest absolute Gasteiger partial charge is 0.444 e. The number of carbonyl (C=O) groups is 1. The van der Waals surface area contributed by atoms with E-state index >= 15 is 0 Å². The summed E-state index contributed by atoms with van der Waals surface area (Å²) in [6.45, 7) is 9.18. The molecule has 0 saturated heterocycles. The van der Waals surface area contributed by atoms with Crippen molar-refractivity contribution in [2.45, 2.75) is 65.1 Å². The predicted octanol–water partition coefficient (Wildman–Crippen LogP) is 3.20. The van der Waals surface area contributed by atoms with Crippen LogP contribution in [-0.2, 0) is 18.3 Å². The van der Waals surface area contributed by atoms with Crippen LogP contribution in [0.3, 0.4) is 0 Å². The maximum absolute atomic E-state index is 11.8. The molecule has 22 heavy (non-hydrogen) atoms. The minimum atomic E-state index is -0.458. The second kappa shape index (κ2) is 8.83. The van der Waals surface area contributed by atoms with Crippen molar-refractivity contribution >= 4 is 6.09 Å². The summed E-state index contributed by atoms with van der Waals surface area (Å²) in [7, 11) is 2.02. The standard InChI is InChI=1S/C17H31N3O2/c1-6-7-8-15(12-19-16(21)22-17(2,3)4)18-11-14-9-10-20(5)13-14/h9-10,13,15,18H,6-8,11-12H2,1-5H3,(H,19,21). The Bertz CT molecular complexity index is 449. The molecule has 2 N–H and O–H groups in total. The molecular formula is C17H31N3O2. The van der Waals surface area contributed by atoms with Crippen LogP contribution < -0.4 is 10.6 Å². The number of aromatic nitrogens is 1. The summed E-state index contributed by atoms with van der Waals surface area (Å²) in [6.07, 6.45) is 7.12. The molecule has 0 aliphatic carbocycles. The van der Waals surface area contributed by atoms with Gasteiger partial charge in [0.1, 0.15) is 5.60 Å². The molecule has 0 spiro atoms. The molecule has 0 aromatic carbocycles. The van der Waals surface area contributed by atoms with Crippen LogP contribution in [-0.4, -0.2) is 28.8 Å². The Hall–Kier alpha value is -1.49. The van der Waals surface area contributed by atoms with Gasteiger partial charge in [-0.2, -0.15) is 0 Å². The van der Waals surface area contributed by atoms with Crippen molar-refractivity contribution in [3.8, 4) is 0 Å². The summed E-state index contributed by atoms with van der Waals surface area (Å²) in [6, 6.07) is 2.36. The number of nitrogens with zero attached hydrogens (tertiary/aromatic N) is 1. The summed E-state index contributed by atoms with van der Waals surface area (Å²) >= 11 is 0. The molecule has 5 heteroatoms. The van der Waals surface area contributed by atoms with Gasteiger partial charge in [0.2, 0.25) is 0 Å². The molecule has 1 aromatic heterocycles. The molecule has 0 aliphatic rings. The van der Waals surface area contributed by atoms with E-state index in [4.69, 9.17) is 4.74 Å².